The molecule has 0 radical (unpaired) electrons. The second-order valence-electron chi connectivity index (χ2n) is 8.19. The monoisotopic (exact) mass is 556 g/mol. The molecule has 12 heteroatoms. The van der Waals surface area contributed by atoms with Gasteiger partial charge in [-0.05, 0) is 49.1 Å². The van der Waals surface area contributed by atoms with Gasteiger partial charge in [0.1, 0.15) is 11.7 Å². The van der Waals surface area contributed by atoms with E-state index in [9.17, 15) is 22.8 Å². The molecule has 0 saturated carbocycles. The van der Waals surface area contributed by atoms with Crippen molar-refractivity contribution in [2.45, 2.75) is 38.0 Å². The highest BCUT2D eigenvalue weighted by Gasteiger charge is 2.34. The Morgan fingerprint density at radius 2 is 1.92 bits per heavy atom. The largest absolute Gasteiger partial charge is 0.416 e. The molecule has 6 nitrogen and oxygen atoms in total. The van der Waals surface area contributed by atoms with Gasteiger partial charge >= 0.3 is 6.18 Å². The molecule has 1 saturated heterocycles. The molecule has 2 amide bonds. The van der Waals surface area contributed by atoms with Crippen LogP contribution in [0.3, 0.4) is 0 Å². The van der Waals surface area contributed by atoms with Gasteiger partial charge in [-0.15, -0.1) is 11.3 Å². The molecule has 0 aliphatic carbocycles. The van der Waals surface area contributed by atoms with Crippen molar-refractivity contribution in [3.05, 3.63) is 74.7 Å². The number of benzene rings is 2. The summed E-state index contributed by atoms with van der Waals surface area (Å²) in [6.45, 7) is 0.299. The highest BCUT2D eigenvalue weighted by molar-refractivity contribution is 7.14. The minimum absolute atomic E-state index is 0.0769. The molecule has 0 unspecified atom stereocenters. The van der Waals surface area contributed by atoms with Gasteiger partial charge in [0, 0.05) is 18.5 Å². The van der Waals surface area contributed by atoms with Crippen molar-refractivity contribution < 1.29 is 22.8 Å². The molecule has 2 heterocycles. The van der Waals surface area contributed by atoms with Crippen LogP contribution >= 0.6 is 34.5 Å². The molecule has 1 aromatic heterocycles. The Kier molecular flexibility index (Phi) is 8.07. The first-order valence-corrected chi connectivity index (χ1v) is 12.7. The van der Waals surface area contributed by atoms with Crippen molar-refractivity contribution in [1.82, 2.24) is 15.2 Å². The number of thiazole rings is 1. The van der Waals surface area contributed by atoms with Crippen LogP contribution in [0.25, 0.3) is 0 Å². The average Bonchev–Trinajstić information content (AvgIpc) is 3.33. The second-order valence-corrected chi connectivity index (χ2v) is 9.83. The van der Waals surface area contributed by atoms with Gasteiger partial charge in [0.05, 0.1) is 21.3 Å². The van der Waals surface area contributed by atoms with Gasteiger partial charge in [-0.1, -0.05) is 41.4 Å². The smallest absolute Gasteiger partial charge is 0.350 e. The van der Waals surface area contributed by atoms with Crippen LogP contribution in [0.5, 0.6) is 0 Å². The summed E-state index contributed by atoms with van der Waals surface area (Å²) in [6.07, 6.45) is -2.53. The fourth-order valence-corrected chi connectivity index (χ4v) is 4.95. The number of nitrogens with zero attached hydrogens (tertiary/aromatic N) is 2. The average molecular weight is 557 g/mol. The SMILES string of the molecule is O=C(NCc1cccc(C(F)(F)F)c1)[C@H]1CCCCN1C(=O)c1csc(Nc2cccc(Cl)c2Cl)n1. The van der Waals surface area contributed by atoms with Crippen molar-refractivity contribution in [1.29, 1.82) is 0 Å². The molecule has 2 aromatic carbocycles. The second kappa shape index (κ2) is 11.1. The van der Waals surface area contributed by atoms with E-state index in [0.717, 1.165) is 25.0 Å². The van der Waals surface area contributed by atoms with E-state index < -0.39 is 29.6 Å². The lowest BCUT2D eigenvalue weighted by Crippen LogP contribution is -2.51. The summed E-state index contributed by atoms with van der Waals surface area (Å²) < 4.78 is 38.9. The van der Waals surface area contributed by atoms with E-state index in [1.165, 1.54) is 28.4 Å². The van der Waals surface area contributed by atoms with Gasteiger partial charge in [0.2, 0.25) is 5.91 Å². The summed E-state index contributed by atoms with van der Waals surface area (Å²) >= 11 is 13.4. The number of amides is 2. The van der Waals surface area contributed by atoms with Crippen molar-refractivity contribution >= 4 is 57.2 Å². The predicted octanol–water partition coefficient (Wildman–Crippen LogP) is 6.52. The van der Waals surface area contributed by atoms with E-state index in [2.05, 4.69) is 15.6 Å². The van der Waals surface area contributed by atoms with Crippen LogP contribution in [0.15, 0.2) is 47.8 Å². The summed E-state index contributed by atoms with van der Waals surface area (Å²) in [5, 5.41) is 8.45. The zero-order valence-corrected chi connectivity index (χ0v) is 21.1. The number of likely N-dealkylation sites (tertiary alicyclic amines) is 1. The standard InChI is InChI=1S/C24H21Cl2F3N4O2S/c25-16-7-4-8-17(20(16)26)31-23-32-18(13-36-23)22(35)33-10-2-1-9-19(33)21(34)30-12-14-5-3-6-15(11-14)24(27,28)29/h3-8,11,13,19H,1-2,9-10,12H2,(H,30,34)(H,31,32)/t19-/m1/s1. The maximum absolute atomic E-state index is 13.2. The van der Waals surface area contributed by atoms with Crippen LogP contribution in [0, 0.1) is 0 Å². The van der Waals surface area contributed by atoms with Crippen molar-refractivity contribution in [2.24, 2.45) is 0 Å². The Balaban J connectivity index is 1.43. The molecule has 1 aliphatic heterocycles. The molecule has 1 atom stereocenters. The van der Waals surface area contributed by atoms with Crippen LogP contribution in [-0.2, 0) is 17.5 Å². The Morgan fingerprint density at radius 3 is 2.69 bits per heavy atom. The third kappa shape index (κ3) is 6.11. The third-order valence-corrected chi connectivity index (χ3v) is 7.28. The fraction of sp³-hybridized carbons (Fsp3) is 0.292. The Morgan fingerprint density at radius 1 is 1.14 bits per heavy atom. The van der Waals surface area contributed by atoms with Gasteiger partial charge in [-0.3, -0.25) is 9.59 Å². The molecule has 1 aliphatic rings. The van der Waals surface area contributed by atoms with Gasteiger partial charge in [-0.2, -0.15) is 13.2 Å². The summed E-state index contributed by atoms with van der Waals surface area (Å²) in [7, 11) is 0. The van der Waals surface area contributed by atoms with Crippen LogP contribution in [0.1, 0.15) is 40.9 Å². The van der Waals surface area contributed by atoms with E-state index in [1.807, 2.05) is 0 Å². The van der Waals surface area contributed by atoms with Gasteiger partial charge in [-0.25, -0.2) is 4.98 Å². The Bertz CT molecular complexity index is 1270. The van der Waals surface area contributed by atoms with E-state index in [1.54, 1.807) is 23.6 Å². The minimum Gasteiger partial charge on any atom is -0.350 e. The lowest BCUT2D eigenvalue weighted by Gasteiger charge is -2.34. The van der Waals surface area contributed by atoms with Crippen molar-refractivity contribution in [3.63, 3.8) is 0 Å². The molecule has 4 rings (SSSR count). The number of halogens is 5. The number of rotatable bonds is 6. The number of nitrogens with one attached hydrogen (secondary N) is 2. The number of carbonyl (C=O) groups is 2. The zero-order chi connectivity index (χ0) is 25.9. The minimum atomic E-state index is -4.47. The van der Waals surface area contributed by atoms with Crippen LogP contribution < -0.4 is 10.6 Å². The molecular weight excluding hydrogens is 536 g/mol. The number of hydrogen-bond donors (Lipinski definition) is 2. The normalized spacial score (nSPS) is 16.0. The molecule has 36 heavy (non-hydrogen) atoms. The van der Waals surface area contributed by atoms with E-state index >= 15 is 0 Å². The predicted molar refractivity (Wildman–Crippen MR) is 134 cm³/mol. The summed E-state index contributed by atoms with van der Waals surface area (Å²) in [5.41, 5.74) is 0.262. The third-order valence-electron chi connectivity index (χ3n) is 5.70. The van der Waals surface area contributed by atoms with E-state index in [-0.39, 0.29) is 12.2 Å². The highest BCUT2D eigenvalue weighted by atomic mass is 35.5. The van der Waals surface area contributed by atoms with Crippen LogP contribution in [0.4, 0.5) is 24.0 Å². The zero-order valence-electron chi connectivity index (χ0n) is 18.7. The lowest BCUT2D eigenvalue weighted by atomic mass is 10.0. The first kappa shape index (κ1) is 26.2. The molecule has 190 valence electrons. The number of aromatic nitrogens is 1. The summed E-state index contributed by atoms with van der Waals surface area (Å²) in [4.78, 5) is 32.0. The number of piperidine rings is 1. The molecule has 1 fully saturated rings. The first-order chi connectivity index (χ1) is 17.1. The Labute approximate surface area is 219 Å². The van der Waals surface area contributed by atoms with E-state index in [0.29, 0.717) is 39.4 Å². The van der Waals surface area contributed by atoms with Gasteiger partial charge < -0.3 is 15.5 Å². The molecule has 0 spiro atoms. The Hall–Kier alpha value is -2.82. The fourth-order valence-electron chi connectivity index (χ4n) is 3.90. The van der Waals surface area contributed by atoms with Crippen LogP contribution in [-0.4, -0.2) is 34.3 Å². The highest BCUT2D eigenvalue weighted by Crippen LogP contribution is 2.33. The lowest BCUT2D eigenvalue weighted by molar-refractivity contribution is -0.137. The number of anilines is 2. The van der Waals surface area contributed by atoms with Crippen molar-refractivity contribution in [2.75, 3.05) is 11.9 Å². The molecule has 0 bridgehead atoms. The maximum Gasteiger partial charge on any atom is 0.416 e. The quantitative estimate of drug-likeness (QED) is 0.362. The number of hydrogen-bond acceptors (Lipinski definition) is 5. The van der Waals surface area contributed by atoms with Gasteiger partial charge in [0.15, 0.2) is 5.13 Å². The molecule has 2 N–H and O–H groups in total. The van der Waals surface area contributed by atoms with Crippen LogP contribution in [0.2, 0.25) is 10.0 Å². The summed E-state index contributed by atoms with van der Waals surface area (Å²) in [6, 6.07) is 9.15. The van der Waals surface area contributed by atoms with Gasteiger partial charge in [0.25, 0.3) is 5.91 Å². The number of alkyl halides is 3. The first-order valence-electron chi connectivity index (χ1n) is 11.0. The molecular formula is C24H21Cl2F3N4O2S. The molecule has 3 aromatic rings. The van der Waals surface area contributed by atoms with Crippen molar-refractivity contribution in [3.8, 4) is 0 Å². The maximum atomic E-state index is 13.2. The topological polar surface area (TPSA) is 74.3 Å². The van der Waals surface area contributed by atoms with E-state index in [4.69, 9.17) is 23.2 Å². The number of carbonyl (C=O) groups excluding carboxylic acids is 2. The summed E-state index contributed by atoms with van der Waals surface area (Å²) in [5.74, 6) is -0.810.